The number of carboxylic acid groups (broad SMARTS) is 2. The van der Waals surface area contributed by atoms with Gasteiger partial charge in [-0.3, -0.25) is 24.5 Å². The Labute approximate surface area is 214 Å². The van der Waals surface area contributed by atoms with Gasteiger partial charge >= 0.3 is 0 Å². The van der Waals surface area contributed by atoms with Gasteiger partial charge in [0.2, 0.25) is 5.91 Å². The van der Waals surface area contributed by atoms with Crippen molar-refractivity contribution in [2.75, 3.05) is 5.32 Å². The van der Waals surface area contributed by atoms with Gasteiger partial charge in [0.25, 0.3) is 11.9 Å². The molecule has 1 amide bonds. The number of H-pyrrole nitrogens is 1. The van der Waals surface area contributed by atoms with Gasteiger partial charge in [-0.25, -0.2) is 0 Å². The van der Waals surface area contributed by atoms with Crippen LogP contribution in [0.5, 0.6) is 0 Å². The van der Waals surface area contributed by atoms with Crippen LogP contribution in [-0.2, 0) is 14.4 Å². The number of aliphatic carboxylic acids is 2. The van der Waals surface area contributed by atoms with Gasteiger partial charge in [0.15, 0.2) is 0 Å². The van der Waals surface area contributed by atoms with Crippen molar-refractivity contribution in [3.05, 3.63) is 90.4 Å². The van der Waals surface area contributed by atoms with Crippen LogP contribution in [0, 0.1) is 6.92 Å². The van der Waals surface area contributed by atoms with E-state index in [2.05, 4.69) is 20.5 Å². The Morgan fingerprint density at radius 1 is 0.919 bits per heavy atom. The van der Waals surface area contributed by atoms with Crippen LogP contribution in [0.4, 0.5) is 5.69 Å². The number of pyridine rings is 1. The number of carboxylic acids is 2. The number of rotatable bonds is 5. The first kappa shape index (κ1) is 28.4. The Morgan fingerprint density at radius 3 is 2.14 bits per heavy atom. The predicted octanol–water partition coefficient (Wildman–Crippen LogP) is 4.27. The normalized spacial score (nSPS) is 10.6. The number of carbonyl (C=O) groups is 3. The van der Waals surface area contributed by atoms with Crippen LogP contribution in [0.3, 0.4) is 0 Å². The molecule has 1 atom stereocenters. The van der Waals surface area contributed by atoms with Gasteiger partial charge in [-0.2, -0.15) is 5.10 Å². The molecule has 0 spiro atoms. The van der Waals surface area contributed by atoms with Crippen LogP contribution in [0.2, 0.25) is 0 Å². The molecule has 0 bridgehead atoms. The third kappa shape index (κ3) is 9.74. The summed E-state index contributed by atoms with van der Waals surface area (Å²) in [7, 11) is 0. The van der Waals surface area contributed by atoms with Crippen molar-refractivity contribution in [1.82, 2.24) is 15.2 Å². The Kier molecular flexibility index (Phi) is 10.7. The summed E-state index contributed by atoms with van der Waals surface area (Å²) in [5, 5.41) is 24.5. The molecule has 10 heteroatoms. The van der Waals surface area contributed by atoms with E-state index in [1.54, 1.807) is 12.4 Å². The highest BCUT2D eigenvalue weighted by Gasteiger charge is 2.16. The fraction of sp³-hybridized carbons (Fsp3) is 0.148. The molecular weight excluding hydrogens is 474 g/mol. The zero-order valence-electron chi connectivity index (χ0n) is 20.7. The van der Waals surface area contributed by atoms with E-state index in [1.165, 1.54) is 0 Å². The zero-order chi connectivity index (χ0) is 27.4. The summed E-state index contributed by atoms with van der Waals surface area (Å²) in [5.41, 5.74) is 12.5. The molecular formula is C27H29N5O5. The average molecular weight is 504 g/mol. The number of nitrogens with one attached hydrogen (secondary N) is 2. The van der Waals surface area contributed by atoms with Gasteiger partial charge in [-0.1, -0.05) is 36.4 Å². The number of carbonyl (C=O) groups excluding carboxylic acids is 1. The first-order chi connectivity index (χ1) is 17.6. The summed E-state index contributed by atoms with van der Waals surface area (Å²) < 4.78 is 0. The number of benzene rings is 2. The largest absolute Gasteiger partial charge is 0.481 e. The molecule has 2 aromatic carbocycles. The van der Waals surface area contributed by atoms with Crippen LogP contribution >= 0.6 is 0 Å². The summed E-state index contributed by atoms with van der Waals surface area (Å²) in [6.45, 7) is 4.19. The van der Waals surface area contributed by atoms with E-state index in [0.29, 0.717) is 5.69 Å². The van der Waals surface area contributed by atoms with Crippen LogP contribution in [0.15, 0.2) is 79.3 Å². The Bertz CT molecular complexity index is 1300. The lowest BCUT2D eigenvalue weighted by atomic mass is 10.0. The minimum atomic E-state index is -0.833. The maximum absolute atomic E-state index is 12.7. The van der Waals surface area contributed by atoms with Gasteiger partial charge in [0.05, 0.1) is 11.9 Å². The van der Waals surface area contributed by atoms with E-state index in [0.717, 1.165) is 47.4 Å². The molecule has 0 fully saturated rings. The van der Waals surface area contributed by atoms with Gasteiger partial charge in [0, 0.05) is 43.1 Å². The highest BCUT2D eigenvalue weighted by molar-refractivity contribution is 5.96. The number of aromatic amines is 1. The van der Waals surface area contributed by atoms with Gasteiger partial charge < -0.3 is 21.3 Å². The number of aromatic nitrogens is 3. The summed E-state index contributed by atoms with van der Waals surface area (Å²) in [5.74, 6) is -1.93. The van der Waals surface area contributed by atoms with Crippen molar-refractivity contribution in [3.8, 4) is 22.4 Å². The molecule has 10 nitrogen and oxygen atoms in total. The fourth-order valence-electron chi connectivity index (χ4n) is 3.11. The quantitative estimate of drug-likeness (QED) is 0.269. The smallest absolute Gasteiger partial charge is 0.300 e. The summed E-state index contributed by atoms with van der Waals surface area (Å²) in [6.07, 6.45) is 5.34. The zero-order valence-corrected chi connectivity index (χ0v) is 20.7. The van der Waals surface area contributed by atoms with Crippen molar-refractivity contribution < 1.29 is 24.6 Å². The Hall–Kier alpha value is -4.83. The summed E-state index contributed by atoms with van der Waals surface area (Å²) in [4.78, 5) is 35.1. The number of hydrogen-bond acceptors (Lipinski definition) is 6. The van der Waals surface area contributed by atoms with E-state index in [4.69, 9.17) is 25.5 Å². The van der Waals surface area contributed by atoms with E-state index in [1.807, 2.05) is 73.8 Å². The van der Waals surface area contributed by atoms with Crippen LogP contribution in [0.25, 0.3) is 22.4 Å². The van der Waals surface area contributed by atoms with Crippen molar-refractivity contribution >= 4 is 23.5 Å². The number of nitrogens with two attached hydrogens (primary N) is 1. The van der Waals surface area contributed by atoms with Crippen molar-refractivity contribution in [3.63, 3.8) is 0 Å². The molecule has 0 saturated carbocycles. The molecule has 4 aromatic rings. The summed E-state index contributed by atoms with van der Waals surface area (Å²) in [6, 6.07) is 18.4. The summed E-state index contributed by atoms with van der Waals surface area (Å²) >= 11 is 0. The highest BCUT2D eigenvalue weighted by Crippen LogP contribution is 2.24. The number of nitrogens with zero attached hydrogens (tertiary/aromatic N) is 2. The van der Waals surface area contributed by atoms with E-state index >= 15 is 0 Å². The lowest BCUT2D eigenvalue weighted by Gasteiger charge is -2.14. The number of anilines is 1. The monoisotopic (exact) mass is 503 g/mol. The van der Waals surface area contributed by atoms with Crippen LogP contribution in [-0.4, -0.2) is 43.2 Å². The second kappa shape index (κ2) is 13.9. The van der Waals surface area contributed by atoms with E-state index < -0.39 is 18.0 Å². The second-order valence-electron chi connectivity index (χ2n) is 7.91. The van der Waals surface area contributed by atoms with Crippen molar-refractivity contribution in [2.24, 2.45) is 5.73 Å². The van der Waals surface area contributed by atoms with Crippen molar-refractivity contribution in [2.45, 2.75) is 26.8 Å². The molecule has 4 rings (SSSR count). The molecule has 1 unspecified atom stereocenters. The van der Waals surface area contributed by atoms with E-state index in [9.17, 15) is 4.79 Å². The number of amides is 1. The first-order valence-corrected chi connectivity index (χ1v) is 11.1. The lowest BCUT2D eigenvalue weighted by Crippen LogP contribution is -2.27. The maximum atomic E-state index is 12.7. The molecule has 2 aromatic heterocycles. The SMILES string of the molecule is CC(=O)O.CC(=O)O.Cc1ccnc(-c2cccc(NC(=O)C(N)c3ccc(-c4cn[nH]c4)cc3)c2)c1. The van der Waals surface area contributed by atoms with Crippen LogP contribution < -0.4 is 11.1 Å². The lowest BCUT2D eigenvalue weighted by molar-refractivity contribution is -0.135. The third-order valence-electron chi connectivity index (χ3n) is 4.73. The van der Waals surface area contributed by atoms with Gasteiger partial charge in [-0.15, -0.1) is 0 Å². The van der Waals surface area contributed by atoms with E-state index in [-0.39, 0.29) is 5.91 Å². The van der Waals surface area contributed by atoms with Gasteiger partial charge in [-0.05, 0) is 47.9 Å². The Morgan fingerprint density at radius 2 is 1.57 bits per heavy atom. The van der Waals surface area contributed by atoms with Crippen molar-refractivity contribution in [1.29, 1.82) is 0 Å². The van der Waals surface area contributed by atoms with Gasteiger partial charge in [0.1, 0.15) is 6.04 Å². The van der Waals surface area contributed by atoms with Crippen LogP contribution in [0.1, 0.15) is 31.0 Å². The molecule has 0 aliphatic rings. The Balaban J connectivity index is 0.000000530. The number of aryl methyl sites for hydroxylation is 1. The third-order valence-corrected chi connectivity index (χ3v) is 4.73. The number of hydrogen-bond donors (Lipinski definition) is 5. The molecule has 2 heterocycles. The minimum absolute atomic E-state index is 0.268. The average Bonchev–Trinajstić information content (AvgIpc) is 3.38. The first-order valence-electron chi connectivity index (χ1n) is 11.1. The highest BCUT2D eigenvalue weighted by atomic mass is 16.4. The molecule has 0 saturated heterocycles. The molecule has 0 aliphatic carbocycles. The molecule has 192 valence electrons. The topological polar surface area (TPSA) is 171 Å². The second-order valence-corrected chi connectivity index (χ2v) is 7.91. The maximum Gasteiger partial charge on any atom is 0.300 e. The standard InChI is InChI=1S/C23H21N5O.2C2H4O2/c1-15-9-10-25-21(11-15)18-3-2-4-20(12-18)28-23(29)22(24)17-7-5-16(6-8-17)19-13-26-27-14-19;2*1-2(3)4/h2-14,22H,24H2,1H3,(H,26,27)(H,28,29);2*1H3,(H,3,4). The molecule has 6 N–H and O–H groups in total. The molecule has 0 radical (unpaired) electrons. The molecule has 37 heavy (non-hydrogen) atoms. The molecule has 0 aliphatic heterocycles. The fourth-order valence-corrected chi connectivity index (χ4v) is 3.11. The minimum Gasteiger partial charge on any atom is -0.481 e. The predicted molar refractivity (Wildman–Crippen MR) is 141 cm³/mol.